The van der Waals surface area contributed by atoms with E-state index in [0.717, 1.165) is 12.1 Å². The number of carbonyl (C=O) groups excluding carboxylic acids is 1. The van der Waals surface area contributed by atoms with Crippen LogP contribution in [0.25, 0.3) is 0 Å². The first-order chi connectivity index (χ1) is 9.70. The van der Waals surface area contributed by atoms with Gasteiger partial charge in [-0.25, -0.2) is 17.9 Å². The summed E-state index contributed by atoms with van der Waals surface area (Å²) in [4.78, 5) is 11.4. The number of sulfonamides is 1. The van der Waals surface area contributed by atoms with Gasteiger partial charge < -0.3 is 5.32 Å². The summed E-state index contributed by atoms with van der Waals surface area (Å²) in [5.74, 6) is -1.50. The Hall–Kier alpha value is -2.26. The number of amides is 1. The number of benzene rings is 1. The monoisotopic (exact) mass is 312 g/mol. The number of aromatic nitrogens is 2. The number of carbonyl (C=O) groups is 1. The van der Waals surface area contributed by atoms with Crippen LogP contribution in [0, 0.1) is 12.7 Å². The van der Waals surface area contributed by atoms with Gasteiger partial charge in [0.1, 0.15) is 10.7 Å². The molecule has 1 heterocycles. The van der Waals surface area contributed by atoms with Crippen molar-refractivity contribution in [2.24, 2.45) is 12.2 Å². The van der Waals surface area contributed by atoms with Crippen LogP contribution in [-0.4, -0.2) is 24.1 Å². The number of nitrogens with one attached hydrogen (secondary N) is 1. The number of nitrogens with zero attached hydrogens (tertiary/aromatic N) is 2. The van der Waals surface area contributed by atoms with Crippen molar-refractivity contribution in [1.82, 2.24) is 9.78 Å². The van der Waals surface area contributed by atoms with E-state index in [0.29, 0.717) is 11.3 Å². The molecule has 1 amide bonds. The lowest BCUT2D eigenvalue weighted by atomic mass is 10.2. The van der Waals surface area contributed by atoms with Gasteiger partial charge in [0.25, 0.3) is 5.91 Å². The van der Waals surface area contributed by atoms with E-state index in [4.69, 9.17) is 5.14 Å². The molecule has 0 bridgehead atoms. The van der Waals surface area contributed by atoms with Crippen LogP contribution in [0.15, 0.2) is 29.3 Å². The fourth-order valence-corrected chi connectivity index (χ4v) is 2.32. The van der Waals surface area contributed by atoms with Gasteiger partial charge in [-0.15, -0.1) is 0 Å². The number of hydrogen-bond donors (Lipinski definition) is 2. The van der Waals surface area contributed by atoms with Crippen molar-refractivity contribution in [3.63, 3.8) is 0 Å². The summed E-state index contributed by atoms with van der Waals surface area (Å²) in [7, 11) is -2.45. The Morgan fingerprint density at radius 1 is 1.43 bits per heavy atom. The average Bonchev–Trinajstić information content (AvgIpc) is 2.68. The van der Waals surface area contributed by atoms with Crippen LogP contribution in [0.2, 0.25) is 0 Å². The lowest BCUT2D eigenvalue weighted by Gasteiger charge is -2.07. The maximum Gasteiger partial charge on any atom is 0.259 e. The highest BCUT2D eigenvalue weighted by molar-refractivity contribution is 7.89. The molecule has 0 aliphatic carbocycles. The zero-order chi connectivity index (χ0) is 15.8. The normalized spacial score (nSPS) is 11.4. The predicted octanol–water partition coefficient (Wildman–Crippen LogP) is 0.767. The number of rotatable bonds is 3. The van der Waals surface area contributed by atoms with Crippen molar-refractivity contribution in [3.8, 4) is 0 Å². The van der Waals surface area contributed by atoms with Crippen molar-refractivity contribution < 1.29 is 17.6 Å². The largest absolute Gasteiger partial charge is 0.322 e. The molecule has 2 rings (SSSR count). The van der Waals surface area contributed by atoms with Gasteiger partial charge in [0.05, 0.1) is 11.8 Å². The summed E-state index contributed by atoms with van der Waals surface area (Å²) in [6.07, 6.45) is 1.39. The number of nitrogens with two attached hydrogens (primary N) is 1. The first-order valence-corrected chi connectivity index (χ1v) is 7.37. The number of anilines is 1. The lowest BCUT2D eigenvalue weighted by Crippen LogP contribution is -2.16. The quantitative estimate of drug-likeness (QED) is 0.872. The molecule has 0 aliphatic rings. The highest BCUT2D eigenvalue weighted by atomic mass is 32.2. The molecule has 0 saturated carbocycles. The van der Waals surface area contributed by atoms with Crippen molar-refractivity contribution in [1.29, 1.82) is 0 Å². The van der Waals surface area contributed by atoms with Gasteiger partial charge >= 0.3 is 0 Å². The zero-order valence-corrected chi connectivity index (χ0v) is 12.1. The third-order valence-electron chi connectivity index (χ3n) is 2.98. The predicted molar refractivity (Wildman–Crippen MR) is 73.7 cm³/mol. The third-order valence-corrected chi connectivity index (χ3v) is 3.92. The number of halogens is 1. The number of primary sulfonamides is 1. The summed E-state index contributed by atoms with van der Waals surface area (Å²) < 4.78 is 37.4. The molecule has 0 unspecified atom stereocenters. The second-order valence-corrected chi connectivity index (χ2v) is 5.94. The second-order valence-electron chi connectivity index (χ2n) is 4.41. The van der Waals surface area contributed by atoms with Crippen molar-refractivity contribution in [2.45, 2.75) is 11.8 Å². The van der Waals surface area contributed by atoms with Gasteiger partial charge in [-0.3, -0.25) is 9.48 Å². The van der Waals surface area contributed by atoms with E-state index in [1.54, 1.807) is 14.0 Å². The summed E-state index contributed by atoms with van der Waals surface area (Å²) in [6, 6.07) is 3.14. The molecule has 0 aliphatic heterocycles. The SMILES string of the molecule is Cc1c(C(=O)Nc2ccc(S(N)(=O)=O)c(F)c2)cnn1C. The molecule has 1 aromatic carbocycles. The summed E-state index contributed by atoms with van der Waals surface area (Å²) in [6.45, 7) is 1.71. The van der Waals surface area contributed by atoms with E-state index in [-0.39, 0.29) is 5.69 Å². The Morgan fingerprint density at radius 2 is 2.10 bits per heavy atom. The second kappa shape index (κ2) is 5.26. The van der Waals surface area contributed by atoms with Crippen molar-refractivity contribution in [2.75, 3.05) is 5.32 Å². The molecule has 2 aromatic rings. The van der Waals surface area contributed by atoms with E-state index in [9.17, 15) is 17.6 Å². The first kappa shape index (κ1) is 15.1. The Morgan fingerprint density at radius 3 is 2.57 bits per heavy atom. The minimum Gasteiger partial charge on any atom is -0.322 e. The molecule has 21 heavy (non-hydrogen) atoms. The maximum absolute atomic E-state index is 13.7. The Labute approximate surface area is 120 Å². The van der Waals surface area contributed by atoms with Gasteiger partial charge in [-0.2, -0.15) is 5.10 Å². The van der Waals surface area contributed by atoms with Gasteiger partial charge in [0.2, 0.25) is 10.0 Å². The molecular weight excluding hydrogens is 299 g/mol. The Kier molecular flexibility index (Phi) is 3.79. The minimum absolute atomic E-state index is 0.119. The molecule has 0 spiro atoms. The standard InChI is InChI=1S/C12H13FN4O3S/c1-7-9(6-15-17(7)2)12(18)16-8-3-4-11(10(13)5-8)21(14,19)20/h3-6H,1-2H3,(H,16,18)(H2,14,19,20). The molecule has 0 fully saturated rings. The smallest absolute Gasteiger partial charge is 0.259 e. The molecule has 7 nitrogen and oxygen atoms in total. The zero-order valence-electron chi connectivity index (χ0n) is 11.3. The van der Waals surface area contributed by atoms with Gasteiger partial charge in [-0.1, -0.05) is 0 Å². The third kappa shape index (κ3) is 3.09. The van der Waals surface area contributed by atoms with Crippen molar-refractivity contribution in [3.05, 3.63) is 41.5 Å². The number of aryl methyl sites for hydroxylation is 1. The highest BCUT2D eigenvalue weighted by Gasteiger charge is 2.17. The van der Waals surface area contributed by atoms with Gasteiger partial charge in [0, 0.05) is 18.4 Å². The molecule has 0 atom stereocenters. The average molecular weight is 312 g/mol. The van der Waals surface area contributed by atoms with E-state index in [1.807, 2.05) is 0 Å². The van der Waals surface area contributed by atoms with Crippen LogP contribution in [0.4, 0.5) is 10.1 Å². The molecule has 0 saturated heterocycles. The fraction of sp³-hybridized carbons (Fsp3) is 0.167. The Balaban J connectivity index is 2.27. The molecule has 3 N–H and O–H groups in total. The fourth-order valence-electron chi connectivity index (χ4n) is 1.73. The van der Waals surface area contributed by atoms with Gasteiger partial charge in [0.15, 0.2) is 0 Å². The minimum atomic E-state index is -4.14. The van der Waals surface area contributed by atoms with E-state index < -0.39 is 26.6 Å². The number of hydrogen-bond acceptors (Lipinski definition) is 4. The maximum atomic E-state index is 13.7. The van der Waals surface area contributed by atoms with Crippen LogP contribution < -0.4 is 10.5 Å². The van der Waals surface area contributed by atoms with Crippen LogP contribution in [-0.2, 0) is 17.1 Å². The van der Waals surface area contributed by atoms with Crippen LogP contribution in [0.5, 0.6) is 0 Å². The summed E-state index contributed by atoms with van der Waals surface area (Å²) in [5.41, 5.74) is 1.11. The van der Waals surface area contributed by atoms with E-state index in [1.165, 1.54) is 16.9 Å². The summed E-state index contributed by atoms with van der Waals surface area (Å²) >= 11 is 0. The van der Waals surface area contributed by atoms with Gasteiger partial charge in [-0.05, 0) is 25.1 Å². The molecule has 9 heteroatoms. The van der Waals surface area contributed by atoms with Crippen molar-refractivity contribution >= 4 is 21.6 Å². The molecule has 1 aromatic heterocycles. The Bertz CT molecular complexity index is 814. The highest BCUT2D eigenvalue weighted by Crippen LogP contribution is 2.19. The van der Waals surface area contributed by atoms with E-state index >= 15 is 0 Å². The molecule has 0 radical (unpaired) electrons. The lowest BCUT2D eigenvalue weighted by molar-refractivity contribution is 0.102. The van der Waals surface area contributed by atoms with Crippen LogP contribution in [0.3, 0.4) is 0 Å². The molecule has 112 valence electrons. The topological polar surface area (TPSA) is 107 Å². The molecular formula is C12H13FN4O3S. The van der Waals surface area contributed by atoms with Crippen LogP contribution >= 0.6 is 0 Å². The summed E-state index contributed by atoms with van der Waals surface area (Å²) in [5, 5.41) is 11.2. The van der Waals surface area contributed by atoms with Crippen LogP contribution in [0.1, 0.15) is 16.1 Å². The first-order valence-electron chi connectivity index (χ1n) is 5.82. The van der Waals surface area contributed by atoms with E-state index in [2.05, 4.69) is 10.4 Å².